The maximum atomic E-state index is 11.8. The number of carbonyl (C=O) groups excluding carboxylic acids is 1. The van der Waals surface area contributed by atoms with E-state index in [0.29, 0.717) is 5.56 Å². The average molecular weight is 313 g/mol. The number of carbonyl (C=O) groups is 1. The van der Waals surface area contributed by atoms with E-state index in [1.165, 1.54) is 6.08 Å². The lowest BCUT2D eigenvalue weighted by Gasteiger charge is -2.29. The Morgan fingerprint density at radius 1 is 1.56 bits per heavy atom. The van der Waals surface area contributed by atoms with Crippen LogP contribution in [0.2, 0.25) is 0 Å². The molecule has 1 rings (SSSR count). The van der Waals surface area contributed by atoms with Gasteiger partial charge in [0.05, 0.1) is 6.61 Å². The van der Waals surface area contributed by atoms with Gasteiger partial charge in [0.2, 0.25) is 0 Å². The predicted octanol–water partition coefficient (Wildman–Crippen LogP) is 3.02. The Labute approximate surface area is 116 Å². The molecule has 3 nitrogen and oxygen atoms in total. The molecule has 1 aromatic rings. The highest BCUT2D eigenvalue weighted by atomic mass is 79.9. The average Bonchev–Trinajstić information content (AvgIpc) is 2.30. The van der Waals surface area contributed by atoms with Crippen molar-refractivity contribution in [2.45, 2.75) is 19.4 Å². The fourth-order valence-electron chi connectivity index (χ4n) is 1.75. The van der Waals surface area contributed by atoms with Crippen molar-refractivity contribution in [2.24, 2.45) is 5.92 Å². The highest BCUT2D eigenvalue weighted by Crippen LogP contribution is 2.31. The fraction of sp³-hybridized carbons (Fsp3) is 0.357. The van der Waals surface area contributed by atoms with Crippen molar-refractivity contribution in [3.8, 4) is 0 Å². The molecule has 98 valence electrons. The number of esters is 1. The van der Waals surface area contributed by atoms with Gasteiger partial charge in [-0.25, -0.2) is 0 Å². The molecule has 0 spiro atoms. The summed E-state index contributed by atoms with van der Waals surface area (Å²) in [7, 11) is 0. The van der Waals surface area contributed by atoms with Crippen molar-refractivity contribution in [1.29, 1.82) is 0 Å². The van der Waals surface area contributed by atoms with Gasteiger partial charge in [-0.2, -0.15) is 0 Å². The van der Waals surface area contributed by atoms with E-state index in [1.807, 2.05) is 12.1 Å². The summed E-state index contributed by atoms with van der Waals surface area (Å²) in [4.78, 5) is 11.8. The second kappa shape index (κ2) is 6.16. The number of halogens is 1. The van der Waals surface area contributed by atoms with Gasteiger partial charge in [-0.1, -0.05) is 34.1 Å². The molecular weight excluding hydrogens is 296 g/mol. The Morgan fingerprint density at radius 3 is 2.56 bits per heavy atom. The van der Waals surface area contributed by atoms with Crippen LogP contribution in [-0.4, -0.2) is 17.7 Å². The van der Waals surface area contributed by atoms with E-state index in [4.69, 9.17) is 4.74 Å². The van der Waals surface area contributed by atoms with E-state index < -0.39 is 17.5 Å². The van der Waals surface area contributed by atoms with E-state index in [9.17, 15) is 9.90 Å². The number of aliphatic hydroxyl groups is 1. The van der Waals surface area contributed by atoms with Crippen LogP contribution in [0.1, 0.15) is 19.4 Å². The summed E-state index contributed by atoms with van der Waals surface area (Å²) in [5, 5.41) is 10.5. The highest BCUT2D eigenvalue weighted by molar-refractivity contribution is 9.10. The number of ether oxygens (including phenoxy) is 1. The summed E-state index contributed by atoms with van der Waals surface area (Å²) in [5.74, 6) is -1.26. The van der Waals surface area contributed by atoms with Crippen LogP contribution in [0.15, 0.2) is 41.4 Å². The summed E-state index contributed by atoms with van der Waals surface area (Å²) < 4.78 is 5.86. The molecule has 0 saturated heterocycles. The lowest BCUT2D eigenvalue weighted by atomic mass is 9.83. The molecule has 0 heterocycles. The predicted molar refractivity (Wildman–Crippen MR) is 74.0 cm³/mol. The molecule has 1 aromatic carbocycles. The van der Waals surface area contributed by atoms with E-state index in [2.05, 4.69) is 22.5 Å². The van der Waals surface area contributed by atoms with Gasteiger partial charge in [-0.05, 0) is 31.5 Å². The minimum atomic E-state index is -1.34. The van der Waals surface area contributed by atoms with Crippen LogP contribution in [0.25, 0.3) is 0 Å². The van der Waals surface area contributed by atoms with Crippen LogP contribution in [0.4, 0.5) is 0 Å². The third-order valence-corrected chi connectivity index (χ3v) is 3.34. The van der Waals surface area contributed by atoms with Crippen LogP contribution >= 0.6 is 15.9 Å². The van der Waals surface area contributed by atoms with Crippen molar-refractivity contribution in [3.05, 3.63) is 47.0 Å². The van der Waals surface area contributed by atoms with Gasteiger partial charge in [0.1, 0.15) is 11.5 Å². The zero-order chi connectivity index (χ0) is 13.8. The minimum Gasteiger partial charge on any atom is -0.465 e. The number of benzene rings is 1. The van der Waals surface area contributed by atoms with Crippen LogP contribution in [-0.2, 0) is 15.1 Å². The van der Waals surface area contributed by atoms with Gasteiger partial charge in [0, 0.05) is 4.47 Å². The van der Waals surface area contributed by atoms with E-state index >= 15 is 0 Å². The van der Waals surface area contributed by atoms with Gasteiger partial charge < -0.3 is 9.84 Å². The van der Waals surface area contributed by atoms with E-state index in [0.717, 1.165) is 4.47 Å². The molecule has 0 unspecified atom stereocenters. The summed E-state index contributed by atoms with van der Waals surface area (Å²) in [6, 6.07) is 7.16. The Balaban J connectivity index is 3.05. The Morgan fingerprint density at radius 2 is 2.11 bits per heavy atom. The Kier molecular flexibility index (Phi) is 5.11. The number of hydrogen-bond acceptors (Lipinski definition) is 3. The SMILES string of the molecule is C=C[C@@H](C(=O)OCC)[C@@](C)(O)c1ccc(Br)cc1. The van der Waals surface area contributed by atoms with Gasteiger partial charge >= 0.3 is 5.97 Å². The van der Waals surface area contributed by atoms with Crippen molar-refractivity contribution in [3.63, 3.8) is 0 Å². The van der Waals surface area contributed by atoms with E-state index in [-0.39, 0.29) is 6.61 Å². The second-order valence-electron chi connectivity index (χ2n) is 4.12. The molecule has 0 fully saturated rings. The molecule has 2 atom stereocenters. The minimum absolute atomic E-state index is 0.277. The van der Waals surface area contributed by atoms with Gasteiger partial charge in [-0.3, -0.25) is 4.79 Å². The van der Waals surface area contributed by atoms with Crippen LogP contribution in [0, 0.1) is 5.92 Å². The second-order valence-corrected chi connectivity index (χ2v) is 5.04. The van der Waals surface area contributed by atoms with Crippen molar-refractivity contribution in [2.75, 3.05) is 6.61 Å². The first-order valence-corrected chi connectivity index (χ1v) is 6.50. The molecule has 0 aliphatic heterocycles. The topological polar surface area (TPSA) is 46.5 Å². The lowest BCUT2D eigenvalue weighted by molar-refractivity contribution is -0.154. The summed E-state index contributed by atoms with van der Waals surface area (Å²) in [6.45, 7) is 7.19. The normalized spacial score (nSPS) is 15.6. The third kappa shape index (κ3) is 3.21. The Bertz CT molecular complexity index is 423. The van der Waals surface area contributed by atoms with Crippen molar-refractivity contribution < 1.29 is 14.6 Å². The first-order chi connectivity index (χ1) is 8.43. The summed E-state index contributed by atoms with van der Waals surface area (Å²) >= 11 is 3.33. The molecule has 18 heavy (non-hydrogen) atoms. The summed E-state index contributed by atoms with van der Waals surface area (Å²) in [5.41, 5.74) is -0.696. The molecule has 1 N–H and O–H groups in total. The van der Waals surface area contributed by atoms with Gasteiger partial charge in [-0.15, -0.1) is 6.58 Å². The highest BCUT2D eigenvalue weighted by Gasteiger charge is 2.37. The molecular formula is C14H17BrO3. The van der Waals surface area contributed by atoms with Crippen molar-refractivity contribution in [1.82, 2.24) is 0 Å². The molecule has 0 radical (unpaired) electrons. The smallest absolute Gasteiger partial charge is 0.316 e. The standard InChI is InChI=1S/C14H17BrO3/c1-4-12(13(16)18-5-2)14(3,17)10-6-8-11(15)9-7-10/h4,6-9,12,17H,1,5H2,2-3H3/t12-,14-/m0/s1. The van der Waals surface area contributed by atoms with Gasteiger partial charge in [0.15, 0.2) is 0 Å². The van der Waals surface area contributed by atoms with Crippen LogP contribution < -0.4 is 0 Å². The zero-order valence-corrected chi connectivity index (χ0v) is 12.1. The Hall–Kier alpha value is -1.13. The van der Waals surface area contributed by atoms with Crippen LogP contribution in [0.3, 0.4) is 0 Å². The molecule has 0 bridgehead atoms. The maximum absolute atomic E-state index is 11.8. The van der Waals surface area contributed by atoms with Gasteiger partial charge in [0.25, 0.3) is 0 Å². The number of rotatable bonds is 5. The molecule has 4 heteroatoms. The first-order valence-electron chi connectivity index (χ1n) is 5.71. The largest absolute Gasteiger partial charge is 0.465 e. The monoisotopic (exact) mass is 312 g/mol. The van der Waals surface area contributed by atoms with Crippen LogP contribution in [0.5, 0.6) is 0 Å². The zero-order valence-electron chi connectivity index (χ0n) is 10.5. The number of hydrogen-bond donors (Lipinski definition) is 1. The summed E-state index contributed by atoms with van der Waals surface area (Å²) in [6.07, 6.45) is 1.42. The van der Waals surface area contributed by atoms with E-state index in [1.54, 1.807) is 26.0 Å². The third-order valence-electron chi connectivity index (χ3n) is 2.81. The maximum Gasteiger partial charge on any atom is 0.316 e. The molecule has 0 aliphatic rings. The molecule has 0 aliphatic carbocycles. The molecule has 0 saturated carbocycles. The fourth-order valence-corrected chi connectivity index (χ4v) is 2.02. The first kappa shape index (κ1) is 14.9. The molecule has 0 amide bonds. The quantitative estimate of drug-likeness (QED) is 0.671. The lowest BCUT2D eigenvalue weighted by Crippen LogP contribution is -2.37. The van der Waals surface area contributed by atoms with Crippen molar-refractivity contribution >= 4 is 21.9 Å². The molecule has 0 aromatic heterocycles.